The minimum absolute atomic E-state index is 0.118. The number of aromatic carboxylic acids is 1. The molecule has 6 heteroatoms. The molecule has 2 rings (SSSR count). The summed E-state index contributed by atoms with van der Waals surface area (Å²) < 4.78 is 0. The van der Waals surface area contributed by atoms with Crippen LogP contribution in [0.3, 0.4) is 0 Å². The quantitative estimate of drug-likeness (QED) is 0.792. The van der Waals surface area contributed by atoms with Gasteiger partial charge in [-0.3, -0.25) is 5.10 Å². The van der Waals surface area contributed by atoms with Crippen molar-refractivity contribution in [2.24, 2.45) is 0 Å². The Hall–Kier alpha value is -1.26. The van der Waals surface area contributed by atoms with Crippen molar-refractivity contribution >= 4 is 40.1 Å². The normalized spacial score (nSPS) is 10.7. The predicted octanol–water partition coefficient (Wildman–Crippen LogP) is 2.57. The molecule has 1 heterocycles. The molecule has 0 saturated heterocycles. The molecule has 4 nitrogen and oxygen atoms in total. The molecule has 2 N–H and O–H groups in total. The average molecular weight is 231 g/mol. The second-order valence-electron chi connectivity index (χ2n) is 2.66. The minimum Gasteiger partial charge on any atom is -0.476 e. The highest BCUT2D eigenvalue weighted by Crippen LogP contribution is 2.31. The molecule has 0 atom stereocenters. The summed E-state index contributed by atoms with van der Waals surface area (Å²) in [7, 11) is 0. The van der Waals surface area contributed by atoms with Crippen molar-refractivity contribution in [2.75, 3.05) is 0 Å². The smallest absolute Gasteiger partial charge is 0.357 e. The second-order valence-corrected chi connectivity index (χ2v) is 3.45. The lowest BCUT2D eigenvalue weighted by atomic mass is 10.2. The Bertz CT molecular complexity index is 521. The fourth-order valence-corrected chi connectivity index (χ4v) is 1.61. The van der Waals surface area contributed by atoms with Crippen molar-refractivity contribution in [3.8, 4) is 0 Å². The van der Waals surface area contributed by atoms with Crippen molar-refractivity contribution in [1.82, 2.24) is 10.2 Å². The van der Waals surface area contributed by atoms with Gasteiger partial charge in [0.25, 0.3) is 0 Å². The van der Waals surface area contributed by atoms with Crippen LogP contribution in [0.25, 0.3) is 10.9 Å². The summed E-state index contributed by atoms with van der Waals surface area (Å²) in [4.78, 5) is 10.8. The van der Waals surface area contributed by atoms with Gasteiger partial charge in [0.2, 0.25) is 0 Å². The molecule has 0 bridgehead atoms. The molecular weight excluding hydrogens is 227 g/mol. The number of H-pyrrole nitrogens is 1. The van der Waals surface area contributed by atoms with Crippen LogP contribution in [-0.4, -0.2) is 21.3 Å². The molecule has 0 spiro atoms. The Morgan fingerprint density at radius 3 is 2.79 bits per heavy atom. The Morgan fingerprint density at radius 1 is 1.43 bits per heavy atom. The summed E-state index contributed by atoms with van der Waals surface area (Å²) in [6.07, 6.45) is 0. The molecule has 0 aliphatic rings. The van der Waals surface area contributed by atoms with E-state index < -0.39 is 5.97 Å². The van der Waals surface area contributed by atoms with Crippen LogP contribution in [0.1, 0.15) is 10.5 Å². The topological polar surface area (TPSA) is 66.0 Å². The Labute approximate surface area is 88.4 Å². The number of nitrogens with zero attached hydrogens (tertiary/aromatic N) is 1. The van der Waals surface area contributed by atoms with Gasteiger partial charge in [-0.15, -0.1) is 0 Å². The van der Waals surface area contributed by atoms with E-state index in [1.54, 1.807) is 12.1 Å². The Balaban J connectivity index is 2.89. The van der Waals surface area contributed by atoms with Gasteiger partial charge < -0.3 is 5.11 Å². The molecule has 0 aliphatic heterocycles. The number of halogens is 2. The van der Waals surface area contributed by atoms with Gasteiger partial charge in [0.1, 0.15) is 0 Å². The summed E-state index contributed by atoms with van der Waals surface area (Å²) in [6.45, 7) is 0. The van der Waals surface area contributed by atoms with Gasteiger partial charge in [-0.2, -0.15) is 5.10 Å². The second kappa shape index (κ2) is 3.15. The fourth-order valence-electron chi connectivity index (χ4n) is 1.20. The number of aromatic amines is 1. The van der Waals surface area contributed by atoms with Crippen molar-refractivity contribution in [3.63, 3.8) is 0 Å². The average Bonchev–Trinajstić information content (AvgIpc) is 2.55. The van der Waals surface area contributed by atoms with Crippen LogP contribution < -0.4 is 0 Å². The first-order valence-electron chi connectivity index (χ1n) is 3.66. The number of fused-ring (bicyclic) bond motifs is 1. The van der Waals surface area contributed by atoms with Crippen LogP contribution in [0.5, 0.6) is 0 Å². The number of rotatable bonds is 1. The van der Waals surface area contributed by atoms with Gasteiger partial charge in [0.05, 0.1) is 20.9 Å². The summed E-state index contributed by atoms with van der Waals surface area (Å²) >= 11 is 11.6. The van der Waals surface area contributed by atoms with Gasteiger partial charge in [-0.1, -0.05) is 23.2 Å². The molecule has 0 saturated carbocycles. The molecule has 0 aliphatic carbocycles. The highest BCUT2D eigenvalue weighted by Gasteiger charge is 2.16. The monoisotopic (exact) mass is 230 g/mol. The number of hydrogen-bond donors (Lipinski definition) is 2. The van der Waals surface area contributed by atoms with Gasteiger partial charge in [0.15, 0.2) is 5.69 Å². The fraction of sp³-hybridized carbons (Fsp3) is 0. The number of carboxylic acids is 1. The highest BCUT2D eigenvalue weighted by atomic mass is 35.5. The maximum atomic E-state index is 10.8. The number of nitrogens with one attached hydrogen (secondary N) is 1. The van der Waals surface area contributed by atoms with Crippen LogP contribution in [0, 0.1) is 0 Å². The highest BCUT2D eigenvalue weighted by molar-refractivity contribution is 6.45. The number of aromatic nitrogens is 2. The van der Waals surface area contributed by atoms with E-state index in [1.165, 1.54) is 0 Å². The standard InChI is InChI=1S/C8H4Cl2N2O2/c9-3-1-2-4-5(6(3)10)7(8(13)14)12-11-4/h1-2H,(H,11,12)(H,13,14). The molecule has 0 unspecified atom stereocenters. The number of benzene rings is 1. The minimum atomic E-state index is -1.14. The lowest BCUT2D eigenvalue weighted by Gasteiger charge is -1.96. The van der Waals surface area contributed by atoms with E-state index in [0.29, 0.717) is 15.9 Å². The van der Waals surface area contributed by atoms with Crippen LogP contribution in [0.15, 0.2) is 12.1 Å². The maximum Gasteiger partial charge on any atom is 0.357 e. The lowest BCUT2D eigenvalue weighted by Crippen LogP contribution is -1.97. The first-order chi connectivity index (χ1) is 6.61. The van der Waals surface area contributed by atoms with Gasteiger partial charge in [-0.25, -0.2) is 4.79 Å². The zero-order valence-electron chi connectivity index (χ0n) is 6.71. The van der Waals surface area contributed by atoms with E-state index >= 15 is 0 Å². The summed E-state index contributed by atoms with van der Waals surface area (Å²) in [5.74, 6) is -1.14. The van der Waals surface area contributed by atoms with E-state index in [0.717, 1.165) is 0 Å². The first kappa shape index (κ1) is 9.30. The Morgan fingerprint density at radius 2 is 2.14 bits per heavy atom. The van der Waals surface area contributed by atoms with Crippen molar-refractivity contribution in [2.45, 2.75) is 0 Å². The largest absolute Gasteiger partial charge is 0.476 e. The third-order valence-electron chi connectivity index (χ3n) is 1.82. The molecule has 2 aromatic rings. The summed E-state index contributed by atoms with van der Waals surface area (Å²) in [6, 6.07) is 3.21. The van der Waals surface area contributed by atoms with E-state index in [4.69, 9.17) is 28.3 Å². The van der Waals surface area contributed by atoms with Crippen LogP contribution >= 0.6 is 23.2 Å². The van der Waals surface area contributed by atoms with E-state index in [2.05, 4.69) is 10.2 Å². The van der Waals surface area contributed by atoms with Crippen LogP contribution in [-0.2, 0) is 0 Å². The molecule has 72 valence electrons. The van der Waals surface area contributed by atoms with E-state index in [-0.39, 0.29) is 10.7 Å². The van der Waals surface area contributed by atoms with Crippen molar-refractivity contribution < 1.29 is 9.90 Å². The van der Waals surface area contributed by atoms with Gasteiger partial charge in [-0.05, 0) is 12.1 Å². The zero-order valence-corrected chi connectivity index (χ0v) is 8.23. The third-order valence-corrected chi connectivity index (χ3v) is 2.63. The van der Waals surface area contributed by atoms with Crippen LogP contribution in [0.2, 0.25) is 10.0 Å². The third kappa shape index (κ3) is 1.23. The predicted molar refractivity (Wildman–Crippen MR) is 53.1 cm³/mol. The maximum absolute atomic E-state index is 10.8. The molecule has 1 aromatic carbocycles. The van der Waals surface area contributed by atoms with E-state index in [9.17, 15) is 4.79 Å². The van der Waals surface area contributed by atoms with Crippen molar-refractivity contribution in [1.29, 1.82) is 0 Å². The first-order valence-corrected chi connectivity index (χ1v) is 4.42. The van der Waals surface area contributed by atoms with Gasteiger partial charge in [0, 0.05) is 0 Å². The number of carbonyl (C=O) groups is 1. The Kier molecular flexibility index (Phi) is 2.09. The van der Waals surface area contributed by atoms with Crippen LogP contribution in [0.4, 0.5) is 0 Å². The molecule has 0 amide bonds. The van der Waals surface area contributed by atoms with E-state index in [1.807, 2.05) is 0 Å². The molecule has 14 heavy (non-hydrogen) atoms. The number of hydrogen-bond acceptors (Lipinski definition) is 2. The molecule has 0 fully saturated rings. The molecule has 1 aromatic heterocycles. The summed E-state index contributed by atoms with van der Waals surface area (Å²) in [5.41, 5.74) is 0.435. The lowest BCUT2D eigenvalue weighted by molar-refractivity contribution is 0.0692. The van der Waals surface area contributed by atoms with Crippen molar-refractivity contribution in [3.05, 3.63) is 27.9 Å². The SMILES string of the molecule is O=C(O)c1n[nH]c2ccc(Cl)c(Cl)c12. The zero-order chi connectivity index (χ0) is 10.3. The molecule has 0 radical (unpaired) electrons. The number of carboxylic acid groups (broad SMARTS) is 1. The summed E-state index contributed by atoms with van der Waals surface area (Å²) in [5, 5.41) is 15.8. The van der Waals surface area contributed by atoms with Gasteiger partial charge >= 0.3 is 5.97 Å². The molecular formula is C8H4Cl2N2O2.